The minimum absolute atomic E-state index is 0.119. The molecule has 3 aliphatic heterocycles. The van der Waals surface area contributed by atoms with Crippen LogP contribution >= 0.6 is 0 Å². The van der Waals surface area contributed by atoms with E-state index in [9.17, 15) is 19.1 Å². The molecule has 27 heavy (non-hydrogen) atoms. The van der Waals surface area contributed by atoms with Gasteiger partial charge in [-0.05, 0) is 37.0 Å². The third kappa shape index (κ3) is 2.93. The number of rotatable bonds is 3. The summed E-state index contributed by atoms with van der Waals surface area (Å²) in [5, 5.41) is 9.86. The van der Waals surface area contributed by atoms with Gasteiger partial charge in [-0.3, -0.25) is 9.59 Å². The van der Waals surface area contributed by atoms with Crippen molar-refractivity contribution in [2.24, 2.45) is 11.3 Å². The van der Waals surface area contributed by atoms with Crippen molar-refractivity contribution in [3.05, 3.63) is 35.6 Å². The third-order valence-electron chi connectivity index (χ3n) is 6.55. The lowest BCUT2D eigenvalue weighted by molar-refractivity contribution is -0.157. The summed E-state index contributed by atoms with van der Waals surface area (Å²) in [6, 6.07) is 6.18. The Kier molecular flexibility index (Phi) is 4.68. The van der Waals surface area contributed by atoms with E-state index in [1.165, 1.54) is 12.1 Å². The van der Waals surface area contributed by atoms with Crippen molar-refractivity contribution in [1.82, 2.24) is 4.90 Å². The molecule has 0 radical (unpaired) electrons. The number of carboxylic acid groups (broad SMARTS) is 1. The van der Waals surface area contributed by atoms with E-state index in [2.05, 4.69) is 0 Å². The van der Waals surface area contributed by atoms with Crippen molar-refractivity contribution < 1.29 is 28.6 Å². The molecule has 1 aromatic carbocycles. The summed E-state index contributed by atoms with van der Waals surface area (Å²) in [5.41, 5.74) is -1.16. The van der Waals surface area contributed by atoms with E-state index in [1.807, 2.05) is 0 Å². The van der Waals surface area contributed by atoms with Crippen molar-refractivity contribution in [2.75, 3.05) is 39.5 Å². The Hall–Kier alpha value is -1.99. The van der Waals surface area contributed by atoms with E-state index >= 15 is 0 Å². The SMILES string of the molecule is O=C(N1C[C@H]2COCC[C@@]2(C(=O)O)C1)C1(c2cccc(F)c2)CCOCC1. The first-order chi connectivity index (χ1) is 13.0. The largest absolute Gasteiger partial charge is 0.481 e. The Bertz CT molecular complexity index is 748. The zero-order valence-electron chi connectivity index (χ0n) is 15.2. The second-order valence-corrected chi connectivity index (χ2v) is 7.87. The third-order valence-corrected chi connectivity index (χ3v) is 6.55. The number of likely N-dealkylation sites (tertiary alicyclic amines) is 1. The second-order valence-electron chi connectivity index (χ2n) is 7.87. The van der Waals surface area contributed by atoms with Gasteiger partial charge < -0.3 is 19.5 Å². The van der Waals surface area contributed by atoms with Crippen LogP contribution < -0.4 is 0 Å². The number of fused-ring (bicyclic) bond motifs is 1. The van der Waals surface area contributed by atoms with Gasteiger partial charge in [-0.2, -0.15) is 0 Å². The first-order valence-corrected chi connectivity index (χ1v) is 9.42. The summed E-state index contributed by atoms with van der Waals surface area (Å²) < 4.78 is 24.8. The fourth-order valence-corrected chi connectivity index (χ4v) is 4.89. The molecular weight excluding hydrogens is 353 g/mol. The van der Waals surface area contributed by atoms with Gasteiger partial charge in [-0.25, -0.2) is 4.39 Å². The van der Waals surface area contributed by atoms with E-state index < -0.39 is 16.8 Å². The summed E-state index contributed by atoms with van der Waals surface area (Å²) in [4.78, 5) is 27.4. The number of benzene rings is 1. The van der Waals surface area contributed by atoms with Crippen molar-refractivity contribution in [2.45, 2.75) is 24.7 Å². The molecule has 3 fully saturated rings. The zero-order chi connectivity index (χ0) is 19.1. The maximum atomic E-state index is 13.9. The summed E-state index contributed by atoms with van der Waals surface area (Å²) >= 11 is 0. The van der Waals surface area contributed by atoms with Gasteiger partial charge in [0.1, 0.15) is 5.82 Å². The molecule has 1 N–H and O–H groups in total. The molecule has 2 atom stereocenters. The number of ether oxygens (including phenoxy) is 2. The molecule has 1 aromatic rings. The van der Waals surface area contributed by atoms with E-state index in [4.69, 9.17) is 9.47 Å². The number of nitrogens with zero attached hydrogens (tertiary/aromatic N) is 1. The van der Waals surface area contributed by atoms with Crippen LogP contribution in [0.25, 0.3) is 0 Å². The van der Waals surface area contributed by atoms with Crippen molar-refractivity contribution >= 4 is 11.9 Å². The van der Waals surface area contributed by atoms with Crippen LogP contribution in [0.5, 0.6) is 0 Å². The molecule has 1 amide bonds. The van der Waals surface area contributed by atoms with Crippen molar-refractivity contribution in [3.8, 4) is 0 Å². The smallest absolute Gasteiger partial charge is 0.311 e. The molecule has 6 nitrogen and oxygen atoms in total. The van der Waals surface area contributed by atoms with Gasteiger partial charge in [0.2, 0.25) is 5.91 Å². The van der Waals surface area contributed by atoms with Gasteiger partial charge >= 0.3 is 5.97 Å². The molecule has 3 heterocycles. The van der Waals surface area contributed by atoms with Crippen molar-refractivity contribution in [1.29, 1.82) is 0 Å². The van der Waals surface area contributed by atoms with Crippen LogP contribution in [0.2, 0.25) is 0 Å². The summed E-state index contributed by atoms with van der Waals surface area (Å²) in [6.45, 7) is 2.15. The zero-order valence-corrected chi connectivity index (χ0v) is 15.2. The molecule has 0 saturated carbocycles. The highest BCUT2D eigenvalue weighted by Crippen LogP contribution is 2.45. The number of carbonyl (C=O) groups is 2. The number of aliphatic carboxylic acids is 1. The fourth-order valence-electron chi connectivity index (χ4n) is 4.89. The maximum Gasteiger partial charge on any atom is 0.311 e. The van der Waals surface area contributed by atoms with Crippen LogP contribution in [0, 0.1) is 17.2 Å². The minimum Gasteiger partial charge on any atom is -0.481 e. The molecule has 0 aliphatic carbocycles. The number of hydrogen-bond donors (Lipinski definition) is 1. The Morgan fingerprint density at radius 3 is 2.56 bits per heavy atom. The molecule has 0 unspecified atom stereocenters. The Balaban J connectivity index is 1.68. The Morgan fingerprint density at radius 1 is 1.15 bits per heavy atom. The fraction of sp³-hybridized carbons (Fsp3) is 0.600. The number of amides is 1. The Labute approximate surface area is 157 Å². The van der Waals surface area contributed by atoms with Gasteiger partial charge in [-0.15, -0.1) is 0 Å². The molecular formula is C20H24FNO5. The van der Waals surface area contributed by atoms with Crippen LogP contribution in [-0.2, 0) is 24.5 Å². The summed E-state index contributed by atoms with van der Waals surface area (Å²) in [7, 11) is 0. The molecule has 3 aliphatic rings. The number of carboxylic acids is 1. The highest BCUT2D eigenvalue weighted by Gasteiger charge is 2.57. The normalized spacial score (nSPS) is 30.0. The topological polar surface area (TPSA) is 76.1 Å². The predicted molar refractivity (Wildman–Crippen MR) is 93.7 cm³/mol. The first kappa shape index (κ1) is 18.4. The molecule has 4 rings (SSSR count). The number of hydrogen-bond acceptors (Lipinski definition) is 4. The van der Waals surface area contributed by atoms with Gasteiger partial charge in [0.15, 0.2) is 0 Å². The summed E-state index contributed by atoms with van der Waals surface area (Å²) in [5.74, 6) is -1.57. The monoisotopic (exact) mass is 377 g/mol. The average Bonchev–Trinajstić information content (AvgIpc) is 3.09. The van der Waals surface area contributed by atoms with E-state index in [1.54, 1.807) is 17.0 Å². The predicted octanol–water partition coefficient (Wildman–Crippen LogP) is 1.82. The van der Waals surface area contributed by atoms with E-state index in [0.29, 0.717) is 57.8 Å². The average molecular weight is 377 g/mol. The van der Waals surface area contributed by atoms with Crippen molar-refractivity contribution in [3.63, 3.8) is 0 Å². The molecule has 0 bridgehead atoms. The standard InChI is InChI=1S/C20H24FNO5/c21-16-3-1-2-14(10-16)19(4-7-26-8-5-19)17(23)22-11-15-12-27-9-6-20(15,13-22)18(24)25/h1-3,10,15H,4-9,11-13H2,(H,24,25)/t15-,20+/m0/s1. The second kappa shape index (κ2) is 6.87. The number of carbonyl (C=O) groups excluding carboxylic acids is 1. The lowest BCUT2D eigenvalue weighted by Crippen LogP contribution is -2.50. The first-order valence-electron chi connectivity index (χ1n) is 9.42. The van der Waals surface area contributed by atoms with Crippen LogP contribution in [0.4, 0.5) is 4.39 Å². The maximum absolute atomic E-state index is 13.9. The molecule has 7 heteroatoms. The minimum atomic E-state index is -0.942. The van der Waals surface area contributed by atoms with Gasteiger partial charge in [-0.1, -0.05) is 12.1 Å². The number of halogens is 1. The molecule has 0 spiro atoms. The van der Waals surface area contributed by atoms with Crippen LogP contribution in [0.3, 0.4) is 0 Å². The Morgan fingerprint density at radius 2 is 1.89 bits per heavy atom. The molecule has 146 valence electrons. The van der Waals surface area contributed by atoms with Gasteiger partial charge in [0.25, 0.3) is 0 Å². The highest BCUT2D eigenvalue weighted by atomic mass is 19.1. The summed E-state index contributed by atoms with van der Waals surface area (Å²) in [6.07, 6.45) is 1.34. The molecule has 0 aromatic heterocycles. The lowest BCUT2D eigenvalue weighted by atomic mass is 9.72. The molecule has 3 saturated heterocycles. The van der Waals surface area contributed by atoms with E-state index in [0.717, 1.165) is 0 Å². The van der Waals surface area contributed by atoms with E-state index in [-0.39, 0.29) is 24.2 Å². The van der Waals surface area contributed by atoms with Gasteiger partial charge in [0.05, 0.1) is 17.4 Å². The quantitative estimate of drug-likeness (QED) is 0.870. The van der Waals surface area contributed by atoms with Crippen LogP contribution in [0.15, 0.2) is 24.3 Å². The highest BCUT2D eigenvalue weighted by molar-refractivity contribution is 5.90. The van der Waals surface area contributed by atoms with Crippen LogP contribution in [0.1, 0.15) is 24.8 Å². The lowest BCUT2D eigenvalue weighted by Gasteiger charge is -2.39. The van der Waals surface area contributed by atoms with Crippen LogP contribution in [-0.4, -0.2) is 61.4 Å². The van der Waals surface area contributed by atoms with Gasteiger partial charge in [0, 0.05) is 38.8 Å².